The van der Waals surface area contributed by atoms with Crippen LogP contribution in [0.5, 0.6) is 0 Å². The van der Waals surface area contributed by atoms with Crippen LogP contribution in [0.1, 0.15) is 33.3 Å². The number of hydrogen-bond acceptors (Lipinski definition) is 2. The maximum absolute atomic E-state index is 13.0. The first-order valence-electron chi connectivity index (χ1n) is 5.96. The summed E-state index contributed by atoms with van der Waals surface area (Å²) >= 11 is 0. The summed E-state index contributed by atoms with van der Waals surface area (Å²) in [6, 6.07) is 1.78. The molecule has 106 valence electrons. The van der Waals surface area contributed by atoms with E-state index < -0.39 is 34.9 Å². The minimum Gasteiger partial charge on any atom is -0.460 e. The van der Waals surface area contributed by atoms with E-state index in [-0.39, 0.29) is 12.0 Å². The Hall–Kier alpha value is -1.52. The van der Waals surface area contributed by atoms with Gasteiger partial charge in [0, 0.05) is 0 Å². The third-order valence-corrected chi connectivity index (χ3v) is 2.39. The lowest BCUT2D eigenvalue weighted by Gasteiger charge is -2.22. The van der Waals surface area contributed by atoms with Gasteiger partial charge in [-0.3, -0.25) is 4.79 Å². The van der Waals surface area contributed by atoms with E-state index >= 15 is 0 Å². The van der Waals surface area contributed by atoms with Gasteiger partial charge in [0.05, 0.1) is 5.92 Å². The lowest BCUT2D eigenvalue weighted by atomic mass is 10.0. The van der Waals surface area contributed by atoms with Crippen LogP contribution < -0.4 is 0 Å². The van der Waals surface area contributed by atoms with Crippen LogP contribution in [-0.2, 0) is 16.0 Å². The van der Waals surface area contributed by atoms with Crippen LogP contribution in [0.3, 0.4) is 0 Å². The molecular formula is C14H17F3O2. The van der Waals surface area contributed by atoms with E-state index in [1.807, 2.05) is 0 Å². The van der Waals surface area contributed by atoms with Crippen molar-refractivity contribution in [2.75, 3.05) is 0 Å². The highest BCUT2D eigenvalue weighted by Crippen LogP contribution is 2.18. The van der Waals surface area contributed by atoms with Crippen molar-refractivity contribution in [2.24, 2.45) is 5.92 Å². The van der Waals surface area contributed by atoms with Gasteiger partial charge in [0.2, 0.25) is 0 Å². The van der Waals surface area contributed by atoms with E-state index in [0.717, 1.165) is 12.1 Å². The van der Waals surface area contributed by atoms with Crippen molar-refractivity contribution in [3.8, 4) is 0 Å². The van der Waals surface area contributed by atoms with E-state index in [0.29, 0.717) is 0 Å². The molecule has 0 saturated carbocycles. The Labute approximate surface area is 110 Å². The Bertz CT molecular complexity index is 455. The molecule has 19 heavy (non-hydrogen) atoms. The maximum Gasteiger partial charge on any atom is 0.309 e. The van der Waals surface area contributed by atoms with E-state index in [2.05, 4.69) is 0 Å². The van der Waals surface area contributed by atoms with Gasteiger partial charge < -0.3 is 4.74 Å². The standard InChI is InChI=1S/C14H17F3O2/c1-8(13(18)19-14(2,3)4)5-9-6-10(15)12(17)11(16)7-9/h6-8H,5H2,1-4H3. The van der Waals surface area contributed by atoms with Crippen molar-refractivity contribution >= 4 is 5.97 Å². The minimum atomic E-state index is -1.51. The van der Waals surface area contributed by atoms with Crippen LogP contribution in [-0.4, -0.2) is 11.6 Å². The number of carbonyl (C=O) groups excluding carboxylic acids is 1. The van der Waals surface area contributed by atoms with Gasteiger partial charge in [0.15, 0.2) is 17.5 Å². The van der Waals surface area contributed by atoms with Crippen LogP contribution in [0.2, 0.25) is 0 Å². The number of benzene rings is 1. The second kappa shape index (κ2) is 5.63. The normalized spacial score (nSPS) is 13.2. The van der Waals surface area contributed by atoms with Crippen LogP contribution in [0.25, 0.3) is 0 Å². The fraction of sp³-hybridized carbons (Fsp3) is 0.500. The van der Waals surface area contributed by atoms with Crippen LogP contribution in [0, 0.1) is 23.4 Å². The quantitative estimate of drug-likeness (QED) is 0.621. The fourth-order valence-electron chi connectivity index (χ4n) is 1.57. The first kappa shape index (κ1) is 15.5. The van der Waals surface area contributed by atoms with Gasteiger partial charge in [-0.2, -0.15) is 0 Å². The molecule has 0 fully saturated rings. The molecular weight excluding hydrogens is 257 g/mol. The zero-order chi connectivity index (χ0) is 14.8. The minimum absolute atomic E-state index is 0.0863. The molecule has 0 aliphatic rings. The molecule has 0 spiro atoms. The second-order valence-electron chi connectivity index (χ2n) is 5.51. The number of ether oxygens (including phenoxy) is 1. The van der Waals surface area contributed by atoms with E-state index in [1.54, 1.807) is 27.7 Å². The second-order valence-corrected chi connectivity index (χ2v) is 5.51. The predicted molar refractivity (Wildman–Crippen MR) is 65.0 cm³/mol. The molecule has 5 heteroatoms. The summed E-state index contributed by atoms with van der Waals surface area (Å²) < 4.78 is 44.0. The summed E-state index contributed by atoms with van der Waals surface area (Å²) in [5, 5.41) is 0. The topological polar surface area (TPSA) is 26.3 Å². The van der Waals surface area contributed by atoms with Gasteiger partial charge in [-0.05, 0) is 44.9 Å². The SMILES string of the molecule is CC(Cc1cc(F)c(F)c(F)c1)C(=O)OC(C)(C)C. The van der Waals surface area contributed by atoms with Crippen molar-refractivity contribution in [1.82, 2.24) is 0 Å². The fourth-order valence-corrected chi connectivity index (χ4v) is 1.57. The van der Waals surface area contributed by atoms with Crippen molar-refractivity contribution in [3.63, 3.8) is 0 Å². The number of carbonyl (C=O) groups is 1. The monoisotopic (exact) mass is 274 g/mol. The highest BCUT2D eigenvalue weighted by atomic mass is 19.2. The highest BCUT2D eigenvalue weighted by molar-refractivity contribution is 5.72. The van der Waals surface area contributed by atoms with E-state index in [1.165, 1.54) is 0 Å². The summed E-state index contributed by atoms with van der Waals surface area (Å²) in [6.07, 6.45) is 0.0863. The average molecular weight is 274 g/mol. The molecule has 1 aromatic rings. The molecule has 0 amide bonds. The Balaban J connectivity index is 2.77. The number of halogens is 3. The molecule has 0 saturated heterocycles. The van der Waals surface area contributed by atoms with E-state index in [9.17, 15) is 18.0 Å². The third-order valence-electron chi connectivity index (χ3n) is 2.39. The Kier molecular flexibility index (Phi) is 4.61. The molecule has 0 radical (unpaired) electrons. The van der Waals surface area contributed by atoms with Crippen molar-refractivity contribution in [3.05, 3.63) is 35.1 Å². The first-order valence-corrected chi connectivity index (χ1v) is 5.96. The summed E-state index contributed by atoms with van der Waals surface area (Å²) in [5.41, 5.74) is -0.403. The number of esters is 1. The Morgan fingerprint density at radius 1 is 1.21 bits per heavy atom. The predicted octanol–water partition coefficient (Wildman–Crippen LogP) is 3.62. The molecule has 0 aliphatic heterocycles. The summed E-state index contributed by atoms with van der Waals surface area (Å²) in [5.74, 6) is -5.05. The lowest BCUT2D eigenvalue weighted by molar-refractivity contribution is -0.159. The zero-order valence-corrected chi connectivity index (χ0v) is 11.4. The maximum atomic E-state index is 13.0. The summed E-state index contributed by atoms with van der Waals surface area (Å²) in [6.45, 7) is 6.78. The first-order chi connectivity index (χ1) is 8.60. The summed E-state index contributed by atoms with van der Waals surface area (Å²) in [4.78, 5) is 11.7. The number of rotatable bonds is 3. The largest absolute Gasteiger partial charge is 0.460 e. The molecule has 0 aliphatic carbocycles. The molecule has 2 nitrogen and oxygen atoms in total. The summed E-state index contributed by atoms with van der Waals surface area (Å²) in [7, 11) is 0. The van der Waals surface area contributed by atoms with Crippen LogP contribution in [0.4, 0.5) is 13.2 Å². The highest BCUT2D eigenvalue weighted by Gasteiger charge is 2.22. The molecule has 1 atom stereocenters. The molecule has 1 unspecified atom stereocenters. The van der Waals surface area contributed by atoms with Gasteiger partial charge >= 0.3 is 5.97 Å². The number of hydrogen-bond donors (Lipinski definition) is 0. The third kappa shape index (κ3) is 4.58. The lowest BCUT2D eigenvalue weighted by Crippen LogP contribution is -2.28. The van der Waals surface area contributed by atoms with Crippen LogP contribution >= 0.6 is 0 Å². The van der Waals surface area contributed by atoms with Gasteiger partial charge in [-0.25, -0.2) is 13.2 Å². The average Bonchev–Trinajstić information content (AvgIpc) is 2.23. The Morgan fingerprint density at radius 3 is 2.11 bits per heavy atom. The van der Waals surface area contributed by atoms with Crippen molar-refractivity contribution < 1.29 is 22.7 Å². The van der Waals surface area contributed by atoms with Crippen molar-refractivity contribution in [2.45, 2.75) is 39.7 Å². The molecule has 1 aromatic carbocycles. The molecule has 0 heterocycles. The molecule has 0 N–H and O–H groups in total. The van der Waals surface area contributed by atoms with Gasteiger partial charge in [-0.1, -0.05) is 6.92 Å². The molecule has 1 rings (SSSR count). The van der Waals surface area contributed by atoms with Crippen molar-refractivity contribution in [1.29, 1.82) is 0 Å². The van der Waals surface area contributed by atoms with Gasteiger partial charge in [0.1, 0.15) is 5.60 Å². The zero-order valence-electron chi connectivity index (χ0n) is 11.4. The smallest absolute Gasteiger partial charge is 0.309 e. The van der Waals surface area contributed by atoms with E-state index in [4.69, 9.17) is 4.74 Å². The molecule has 0 bridgehead atoms. The van der Waals surface area contributed by atoms with Gasteiger partial charge in [-0.15, -0.1) is 0 Å². The van der Waals surface area contributed by atoms with Gasteiger partial charge in [0.25, 0.3) is 0 Å². The van der Waals surface area contributed by atoms with Crippen LogP contribution in [0.15, 0.2) is 12.1 Å². The Morgan fingerprint density at radius 2 is 1.68 bits per heavy atom. The molecule has 0 aromatic heterocycles.